The number of rotatable bonds is 4. The molecule has 102 valence electrons. The molecule has 1 aromatic carbocycles. The summed E-state index contributed by atoms with van der Waals surface area (Å²) < 4.78 is 4.83. The zero-order valence-corrected chi connectivity index (χ0v) is 11.4. The number of carbonyl (C=O) groups excluding carboxylic acids is 1. The van der Waals surface area contributed by atoms with Gasteiger partial charge in [0.1, 0.15) is 0 Å². The summed E-state index contributed by atoms with van der Waals surface area (Å²) in [6.45, 7) is 2.76. The van der Waals surface area contributed by atoms with E-state index in [-0.39, 0.29) is 11.9 Å². The number of hydrogen-bond acceptors (Lipinski definition) is 3. The maximum Gasteiger partial charge on any atom is 0.309 e. The van der Waals surface area contributed by atoms with Gasteiger partial charge in [-0.15, -0.1) is 0 Å². The van der Waals surface area contributed by atoms with Crippen LogP contribution in [0.15, 0.2) is 36.4 Å². The highest BCUT2D eigenvalue weighted by atomic mass is 16.5. The first-order chi connectivity index (χ1) is 9.29. The van der Waals surface area contributed by atoms with Gasteiger partial charge >= 0.3 is 5.97 Å². The summed E-state index contributed by atoms with van der Waals surface area (Å²) in [5.41, 5.74) is 1.21. The summed E-state index contributed by atoms with van der Waals surface area (Å²) >= 11 is 0. The number of hydrogen-bond donors (Lipinski definition) is 0. The standard InChI is InChI=1S/C16H21NO2/c1-19-16(18)15-10-6-12-17(13-15)11-5-9-14-7-3-2-4-8-14/h2-5,7-9,15H,6,10-13H2,1H3/b9-5+/t15-/m0/s1. The highest BCUT2D eigenvalue weighted by molar-refractivity contribution is 5.72. The van der Waals surface area contributed by atoms with Crippen LogP contribution in [0.2, 0.25) is 0 Å². The van der Waals surface area contributed by atoms with E-state index in [4.69, 9.17) is 4.74 Å². The largest absolute Gasteiger partial charge is 0.469 e. The van der Waals surface area contributed by atoms with Gasteiger partial charge in [0.2, 0.25) is 0 Å². The fourth-order valence-corrected chi connectivity index (χ4v) is 2.48. The summed E-state index contributed by atoms with van der Waals surface area (Å²) in [6.07, 6.45) is 6.31. The average Bonchev–Trinajstić information content (AvgIpc) is 2.48. The molecule has 2 rings (SSSR count). The minimum atomic E-state index is -0.0725. The normalized spacial score (nSPS) is 20.6. The van der Waals surface area contributed by atoms with Gasteiger partial charge in [-0.3, -0.25) is 9.69 Å². The first-order valence-electron chi connectivity index (χ1n) is 6.81. The van der Waals surface area contributed by atoms with Crippen LogP contribution in [-0.2, 0) is 9.53 Å². The lowest BCUT2D eigenvalue weighted by Crippen LogP contribution is -2.39. The van der Waals surface area contributed by atoms with Gasteiger partial charge in [-0.1, -0.05) is 42.5 Å². The van der Waals surface area contributed by atoms with E-state index in [1.54, 1.807) is 0 Å². The number of ether oxygens (including phenoxy) is 1. The molecule has 0 saturated carbocycles. The Hall–Kier alpha value is -1.61. The van der Waals surface area contributed by atoms with Gasteiger partial charge in [0.15, 0.2) is 0 Å². The molecule has 3 nitrogen and oxygen atoms in total. The van der Waals surface area contributed by atoms with E-state index in [0.29, 0.717) is 0 Å². The van der Waals surface area contributed by atoms with Crippen molar-refractivity contribution in [3.05, 3.63) is 42.0 Å². The highest BCUT2D eigenvalue weighted by Gasteiger charge is 2.25. The van der Waals surface area contributed by atoms with Gasteiger partial charge in [0.05, 0.1) is 13.0 Å². The van der Waals surface area contributed by atoms with Crippen LogP contribution in [-0.4, -0.2) is 37.6 Å². The third-order valence-electron chi connectivity index (χ3n) is 3.51. The Morgan fingerprint density at radius 3 is 2.95 bits per heavy atom. The number of benzene rings is 1. The maximum atomic E-state index is 11.5. The molecule has 1 heterocycles. The second-order valence-corrected chi connectivity index (χ2v) is 4.93. The van der Waals surface area contributed by atoms with E-state index < -0.39 is 0 Å². The lowest BCUT2D eigenvalue weighted by Gasteiger charge is -2.30. The summed E-state index contributed by atoms with van der Waals surface area (Å²) in [5.74, 6) is -0.0272. The zero-order valence-electron chi connectivity index (χ0n) is 11.4. The lowest BCUT2D eigenvalue weighted by atomic mass is 9.98. The molecule has 3 heteroatoms. The Bertz CT molecular complexity index is 428. The smallest absolute Gasteiger partial charge is 0.309 e. The van der Waals surface area contributed by atoms with E-state index in [2.05, 4.69) is 29.2 Å². The molecular formula is C16H21NO2. The van der Waals surface area contributed by atoms with E-state index in [1.807, 2.05) is 18.2 Å². The first kappa shape index (κ1) is 13.8. The van der Waals surface area contributed by atoms with Gasteiger partial charge < -0.3 is 4.74 Å². The van der Waals surface area contributed by atoms with Crippen LogP contribution >= 0.6 is 0 Å². The molecule has 1 aromatic rings. The van der Waals surface area contributed by atoms with Gasteiger partial charge in [0, 0.05) is 13.1 Å². The van der Waals surface area contributed by atoms with Gasteiger partial charge in [0.25, 0.3) is 0 Å². The Kier molecular flexibility index (Phi) is 5.16. The van der Waals surface area contributed by atoms with Crippen molar-refractivity contribution in [2.24, 2.45) is 5.92 Å². The molecule has 0 unspecified atom stereocenters. The number of methoxy groups -OCH3 is 1. The number of nitrogens with zero attached hydrogens (tertiary/aromatic N) is 1. The lowest BCUT2D eigenvalue weighted by molar-refractivity contribution is -0.147. The fraction of sp³-hybridized carbons (Fsp3) is 0.438. The van der Waals surface area contributed by atoms with Gasteiger partial charge in [-0.05, 0) is 24.9 Å². The Morgan fingerprint density at radius 1 is 1.42 bits per heavy atom. The average molecular weight is 259 g/mol. The van der Waals surface area contributed by atoms with Crippen LogP contribution in [0.25, 0.3) is 6.08 Å². The van der Waals surface area contributed by atoms with Crippen LogP contribution < -0.4 is 0 Å². The molecule has 0 bridgehead atoms. The molecule has 0 aliphatic carbocycles. The van der Waals surface area contributed by atoms with Crippen LogP contribution in [0.4, 0.5) is 0 Å². The highest BCUT2D eigenvalue weighted by Crippen LogP contribution is 2.17. The Balaban J connectivity index is 1.83. The molecule has 0 spiro atoms. The van der Waals surface area contributed by atoms with Crippen molar-refractivity contribution >= 4 is 12.0 Å². The Morgan fingerprint density at radius 2 is 2.21 bits per heavy atom. The van der Waals surface area contributed by atoms with E-state index in [1.165, 1.54) is 12.7 Å². The van der Waals surface area contributed by atoms with E-state index >= 15 is 0 Å². The van der Waals surface area contributed by atoms with E-state index in [0.717, 1.165) is 32.5 Å². The van der Waals surface area contributed by atoms with Crippen molar-refractivity contribution in [1.29, 1.82) is 0 Å². The quantitative estimate of drug-likeness (QED) is 0.778. The SMILES string of the molecule is COC(=O)[C@H]1CCCN(C/C=C/c2ccccc2)C1. The minimum absolute atomic E-state index is 0.0453. The minimum Gasteiger partial charge on any atom is -0.469 e. The van der Waals surface area contributed by atoms with E-state index in [9.17, 15) is 4.79 Å². The van der Waals surface area contributed by atoms with Crippen LogP contribution in [0.3, 0.4) is 0 Å². The Labute approximate surface area is 114 Å². The first-order valence-corrected chi connectivity index (χ1v) is 6.81. The number of likely N-dealkylation sites (tertiary alicyclic amines) is 1. The summed E-state index contributed by atoms with van der Waals surface area (Å²) in [5, 5.41) is 0. The zero-order chi connectivity index (χ0) is 13.5. The second-order valence-electron chi connectivity index (χ2n) is 4.93. The molecule has 1 aliphatic rings. The van der Waals surface area contributed by atoms with Gasteiger partial charge in [-0.2, -0.15) is 0 Å². The molecule has 0 amide bonds. The molecular weight excluding hydrogens is 238 g/mol. The summed E-state index contributed by atoms with van der Waals surface area (Å²) in [6, 6.07) is 10.3. The third kappa shape index (κ3) is 4.21. The second kappa shape index (κ2) is 7.10. The molecule has 19 heavy (non-hydrogen) atoms. The van der Waals surface area contributed by atoms with Crippen molar-refractivity contribution < 1.29 is 9.53 Å². The number of carbonyl (C=O) groups is 1. The molecule has 0 aromatic heterocycles. The fourth-order valence-electron chi connectivity index (χ4n) is 2.48. The van der Waals surface area contributed by atoms with Crippen molar-refractivity contribution in [3.63, 3.8) is 0 Å². The molecule has 1 aliphatic heterocycles. The van der Waals surface area contributed by atoms with Crippen molar-refractivity contribution in [1.82, 2.24) is 4.90 Å². The van der Waals surface area contributed by atoms with Gasteiger partial charge in [-0.25, -0.2) is 0 Å². The topological polar surface area (TPSA) is 29.5 Å². The third-order valence-corrected chi connectivity index (χ3v) is 3.51. The summed E-state index contributed by atoms with van der Waals surface area (Å²) in [4.78, 5) is 13.9. The molecule has 1 fully saturated rings. The van der Waals surface area contributed by atoms with Crippen LogP contribution in [0.1, 0.15) is 18.4 Å². The van der Waals surface area contributed by atoms with Crippen molar-refractivity contribution in [2.45, 2.75) is 12.8 Å². The predicted octanol–water partition coefficient (Wildman–Crippen LogP) is 2.58. The molecule has 1 saturated heterocycles. The monoisotopic (exact) mass is 259 g/mol. The summed E-state index contributed by atoms with van der Waals surface area (Å²) in [7, 11) is 1.47. The number of piperidine rings is 1. The maximum absolute atomic E-state index is 11.5. The molecule has 1 atom stereocenters. The predicted molar refractivity (Wildman–Crippen MR) is 76.7 cm³/mol. The molecule has 0 radical (unpaired) electrons. The number of esters is 1. The molecule has 0 N–H and O–H groups in total. The van der Waals surface area contributed by atoms with Crippen LogP contribution in [0, 0.1) is 5.92 Å². The van der Waals surface area contributed by atoms with Crippen LogP contribution in [0.5, 0.6) is 0 Å². The van der Waals surface area contributed by atoms with Crippen molar-refractivity contribution in [3.8, 4) is 0 Å². The van der Waals surface area contributed by atoms with Crippen molar-refractivity contribution in [2.75, 3.05) is 26.7 Å².